The molecular formula is C18H28BrNO3. The molecule has 4 rings (SSSR count). The van der Waals surface area contributed by atoms with Crippen LogP contribution >= 0.6 is 15.9 Å². The standard InChI is InChI=1S/C18H28BrNO3/c1-4-16(2,3)20-14(21)10-23-15(22)17-6-12-5-13(7-17)9-18(19,8-12)11-17/h12-13H,4-11H2,1-3H3,(H,20,21)/t12-,13+,17?,18?. The number of ether oxygens (including phenoxy) is 1. The lowest BCUT2D eigenvalue weighted by atomic mass is 9.49. The Morgan fingerprint density at radius 2 is 1.83 bits per heavy atom. The van der Waals surface area contributed by atoms with Crippen LogP contribution in [0.25, 0.3) is 0 Å². The molecule has 4 bridgehead atoms. The van der Waals surface area contributed by atoms with Crippen molar-refractivity contribution in [1.82, 2.24) is 5.32 Å². The van der Waals surface area contributed by atoms with Crippen LogP contribution in [0, 0.1) is 17.3 Å². The van der Waals surface area contributed by atoms with E-state index in [-0.39, 0.29) is 33.8 Å². The number of nitrogens with one attached hydrogen (secondary N) is 1. The Hall–Kier alpha value is -0.580. The van der Waals surface area contributed by atoms with E-state index in [1.807, 2.05) is 20.8 Å². The minimum atomic E-state index is -0.353. The van der Waals surface area contributed by atoms with Gasteiger partial charge >= 0.3 is 5.97 Å². The lowest BCUT2D eigenvalue weighted by molar-refractivity contribution is -0.171. The summed E-state index contributed by atoms with van der Waals surface area (Å²) in [5.74, 6) is 0.912. The minimum absolute atomic E-state index is 0.128. The van der Waals surface area contributed by atoms with Crippen LogP contribution in [0.15, 0.2) is 0 Å². The molecule has 0 saturated heterocycles. The molecule has 23 heavy (non-hydrogen) atoms. The lowest BCUT2D eigenvalue weighted by Crippen LogP contribution is -2.56. The maximum atomic E-state index is 12.8. The summed E-state index contributed by atoms with van der Waals surface area (Å²) in [5, 5.41) is 2.92. The number of amides is 1. The van der Waals surface area contributed by atoms with Gasteiger partial charge in [-0.15, -0.1) is 0 Å². The molecule has 1 amide bonds. The van der Waals surface area contributed by atoms with E-state index in [9.17, 15) is 9.59 Å². The molecule has 0 aromatic carbocycles. The molecule has 4 fully saturated rings. The highest BCUT2D eigenvalue weighted by atomic mass is 79.9. The van der Waals surface area contributed by atoms with Crippen LogP contribution in [0.2, 0.25) is 0 Å². The Morgan fingerprint density at radius 3 is 2.35 bits per heavy atom. The first-order valence-corrected chi connectivity index (χ1v) is 9.62. The Bertz CT molecular complexity index is 502. The van der Waals surface area contributed by atoms with E-state index < -0.39 is 0 Å². The number of rotatable bonds is 5. The Morgan fingerprint density at radius 1 is 1.22 bits per heavy atom. The number of hydrogen-bond donors (Lipinski definition) is 1. The smallest absolute Gasteiger partial charge is 0.312 e. The summed E-state index contributed by atoms with van der Waals surface area (Å²) < 4.78 is 5.58. The molecule has 4 atom stereocenters. The van der Waals surface area contributed by atoms with Gasteiger partial charge in [-0.2, -0.15) is 0 Å². The van der Waals surface area contributed by atoms with E-state index in [1.165, 1.54) is 19.3 Å². The molecule has 0 aliphatic heterocycles. The van der Waals surface area contributed by atoms with Crippen LogP contribution in [0.4, 0.5) is 0 Å². The van der Waals surface area contributed by atoms with Crippen molar-refractivity contribution in [3.05, 3.63) is 0 Å². The molecule has 5 heteroatoms. The SMILES string of the molecule is CCC(C)(C)NC(=O)COC(=O)C12C[C@@H]3C[C@@H](CC(Br)(C3)C1)C2. The molecule has 0 radical (unpaired) electrons. The molecule has 0 spiro atoms. The second kappa shape index (κ2) is 5.75. The van der Waals surface area contributed by atoms with Crippen molar-refractivity contribution >= 4 is 27.8 Å². The van der Waals surface area contributed by atoms with Gasteiger partial charge in [-0.25, -0.2) is 0 Å². The maximum Gasteiger partial charge on any atom is 0.312 e. The molecule has 0 aromatic rings. The second-order valence-electron chi connectivity index (χ2n) is 8.75. The Kier molecular flexibility index (Phi) is 4.31. The highest BCUT2D eigenvalue weighted by Gasteiger charge is 2.60. The molecule has 0 aromatic heterocycles. The molecule has 2 unspecified atom stereocenters. The van der Waals surface area contributed by atoms with Crippen LogP contribution < -0.4 is 5.32 Å². The van der Waals surface area contributed by atoms with Gasteiger partial charge in [0, 0.05) is 9.86 Å². The fourth-order valence-corrected chi connectivity index (χ4v) is 6.63. The largest absolute Gasteiger partial charge is 0.455 e. The van der Waals surface area contributed by atoms with Gasteiger partial charge in [0.15, 0.2) is 6.61 Å². The van der Waals surface area contributed by atoms with Crippen molar-refractivity contribution < 1.29 is 14.3 Å². The number of carbonyl (C=O) groups excluding carboxylic acids is 2. The van der Waals surface area contributed by atoms with Crippen LogP contribution in [0.5, 0.6) is 0 Å². The van der Waals surface area contributed by atoms with E-state index in [4.69, 9.17) is 4.74 Å². The van der Waals surface area contributed by atoms with E-state index >= 15 is 0 Å². The van der Waals surface area contributed by atoms with E-state index in [1.54, 1.807) is 0 Å². The lowest BCUT2D eigenvalue weighted by Gasteiger charge is -2.58. The fraction of sp³-hybridized carbons (Fsp3) is 0.889. The van der Waals surface area contributed by atoms with Crippen LogP contribution in [0.1, 0.15) is 65.7 Å². The molecule has 0 heterocycles. The highest BCUT2D eigenvalue weighted by Crippen LogP contribution is 2.64. The molecular weight excluding hydrogens is 358 g/mol. The topological polar surface area (TPSA) is 55.4 Å². The third kappa shape index (κ3) is 3.45. The van der Waals surface area contributed by atoms with Gasteiger partial charge in [0.25, 0.3) is 5.91 Å². The van der Waals surface area contributed by atoms with Crippen LogP contribution in [-0.4, -0.2) is 28.3 Å². The summed E-state index contributed by atoms with van der Waals surface area (Å²) in [6.45, 7) is 5.81. The summed E-state index contributed by atoms with van der Waals surface area (Å²) in [6, 6.07) is 0. The van der Waals surface area contributed by atoms with E-state index in [0.29, 0.717) is 11.8 Å². The summed E-state index contributed by atoms with van der Waals surface area (Å²) in [6.07, 6.45) is 7.22. The summed E-state index contributed by atoms with van der Waals surface area (Å²) in [7, 11) is 0. The van der Waals surface area contributed by atoms with E-state index in [0.717, 1.165) is 25.7 Å². The zero-order chi connectivity index (χ0) is 16.9. The maximum absolute atomic E-state index is 12.8. The second-order valence-corrected chi connectivity index (χ2v) is 10.4. The summed E-state index contributed by atoms with van der Waals surface area (Å²) >= 11 is 3.90. The monoisotopic (exact) mass is 385 g/mol. The normalized spacial score (nSPS) is 38.4. The number of esters is 1. The number of halogens is 1. The predicted octanol–water partition coefficient (Wildman–Crippen LogP) is 3.57. The first-order chi connectivity index (χ1) is 10.7. The summed E-state index contributed by atoms with van der Waals surface area (Å²) in [4.78, 5) is 24.8. The molecule has 4 aliphatic rings. The summed E-state index contributed by atoms with van der Waals surface area (Å²) in [5.41, 5.74) is -0.613. The van der Waals surface area contributed by atoms with Crippen LogP contribution in [-0.2, 0) is 14.3 Å². The zero-order valence-corrected chi connectivity index (χ0v) is 16.0. The van der Waals surface area contributed by atoms with Crippen LogP contribution in [0.3, 0.4) is 0 Å². The number of alkyl halides is 1. The Balaban J connectivity index is 1.60. The highest BCUT2D eigenvalue weighted by molar-refractivity contribution is 9.10. The molecule has 130 valence electrons. The van der Waals surface area contributed by atoms with Gasteiger partial charge in [0.05, 0.1) is 5.41 Å². The molecule has 1 N–H and O–H groups in total. The van der Waals surface area contributed by atoms with Crippen molar-refractivity contribution in [3.63, 3.8) is 0 Å². The van der Waals surface area contributed by atoms with Gasteiger partial charge in [0.2, 0.25) is 0 Å². The first kappa shape index (κ1) is 17.2. The number of carbonyl (C=O) groups is 2. The van der Waals surface area contributed by atoms with E-state index in [2.05, 4.69) is 21.2 Å². The third-order valence-electron chi connectivity index (χ3n) is 6.12. The van der Waals surface area contributed by atoms with Gasteiger partial charge in [0.1, 0.15) is 0 Å². The minimum Gasteiger partial charge on any atom is -0.455 e. The molecule has 4 aliphatic carbocycles. The van der Waals surface area contributed by atoms with Gasteiger partial charge in [-0.05, 0) is 70.6 Å². The zero-order valence-electron chi connectivity index (χ0n) is 14.4. The molecule has 4 saturated carbocycles. The number of hydrogen-bond acceptors (Lipinski definition) is 3. The van der Waals surface area contributed by atoms with Gasteiger partial charge in [-0.3, -0.25) is 9.59 Å². The third-order valence-corrected chi connectivity index (χ3v) is 7.05. The quantitative estimate of drug-likeness (QED) is 0.581. The average Bonchev–Trinajstić information content (AvgIpc) is 2.41. The van der Waals surface area contributed by atoms with Crippen molar-refractivity contribution in [1.29, 1.82) is 0 Å². The van der Waals surface area contributed by atoms with Gasteiger partial charge < -0.3 is 10.1 Å². The average molecular weight is 386 g/mol. The predicted molar refractivity (Wildman–Crippen MR) is 92.2 cm³/mol. The van der Waals surface area contributed by atoms with Crippen molar-refractivity contribution in [2.45, 2.75) is 75.6 Å². The Labute approximate surface area is 147 Å². The fourth-order valence-electron chi connectivity index (χ4n) is 5.18. The first-order valence-electron chi connectivity index (χ1n) is 8.83. The molecule has 4 nitrogen and oxygen atoms in total. The van der Waals surface area contributed by atoms with Crippen molar-refractivity contribution in [2.75, 3.05) is 6.61 Å². The van der Waals surface area contributed by atoms with Crippen molar-refractivity contribution in [3.8, 4) is 0 Å². The van der Waals surface area contributed by atoms with Gasteiger partial charge in [-0.1, -0.05) is 22.9 Å². The van der Waals surface area contributed by atoms with Crippen molar-refractivity contribution in [2.24, 2.45) is 17.3 Å².